The molecule has 0 amide bonds. The molecule has 0 aliphatic heterocycles. The van der Waals surface area contributed by atoms with Gasteiger partial charge in [0.2, 0.25) is 0 Å². The zero-order valence-electron chi connectivity index (χ0n) is 10.8. The molecule has 5 heteroatoms. The van der Waals surface area contributed by atoms with Crippen LogP contribution in [0.2, 0.25) is 10.0 Å². The van der Waals surface area contributed by atoms with E-state index in [0.717, 1.165) is 16.8 Å². The van der Waals surface area contributed by atoms with Gasteiger partial charge in [0.1, 0.15) is 5.82 Å². The first-order valence-electron chi connectivity index (χ1n) is 6.18. The van der Waals surface area contributed by atoms with E-state index < -0.39 is 0 Å². The average molecular weight is 314 g/mol. The maximum Gasteiger partial charge on any atom is 0.137 e. The minimum Gasteiger partial charge on any atom is -0.338 e. The Hall–Kier alpha value is -2.28. The third-order valence-corrected chi connectivity index (χ3v) is 3.81. The van der Waals surface area contributed by atoms with Crippen LogP contribution < -0.4 is 0 Å². The van der Waals surface area contributed by atoms with Crippen LogP contribution in [0.4, 0.5) is 0 Å². The molecular formula is C16H9Cl2N3. The molecular weight excluding hydrogens is 305 g/mol. The molecule has 0 spiro atoms. The fraction of sp³-hybridized carbons (Fsp3) is 0. The molecule has 3 nitrogen and oxygen atoms in total. The van der Waals surface area contributed by atoms with Crippen LogP contribution in [0, 0.1) is 11.3 Å². The van der Waals surface area contributed by atoms with Gasteiger partial charge < -0.3 is 4.98 Å². The van der Waals surface area contributed by atoms with Gasteiger partial charge in [0, 0.05) is 11.1 Å². The fourth-order valence-electron chi connectivity index (χ4n) is 2.01. The van der Waals surface area contributed by atoms with E-state index >= 15 is 0 Å². The topological polar surface area (TPSA) is 52.5 Å². The Morgan fingerprint density at radius 2 is 1.86 bits per heavy atom. The van der Waals surface area contributed by atoms with Crippen molar-refractivity contribution in [2.24, 2.45) is 0 Å². The van der Waals surface area contributed by atoms with Gasteiger partial charge in [-0.1, -0.05) is 35.3 Å². The van der Waals surface area contributed by atoms with E-state index in [1.807, 2.05) is 24.3 Å². The number of halogens is 2. The van der Waals surface area contributed by atoms with Crippen molar-refractivity contribution >= 4 is 23.2 Å². The number of imidazole rings is 1. The van der Waals surface area contributed by atoms with Crippen LogP contribution in [-0.4, -0.2) is 9.97 Å². The van der Waals surface area contributed by atoms with Crippen molar-refractivity contribution < 1.29 is 0 Å². The van der Waals surface area contributed by atoms with E-state index in [4.69, 9.17) is 28.5 Å². The van der Waals surface area contributed by atoms with Gasteiger partial charge in [0.25, 0.3) is 0 Å². The number of nitrogens with one attached hydrogen (secondary N) is 1. The van der Waals surface area contributed by atoms with Gasteiger partial charge in [-0.3, -0.25) is 0 Å². The summed E-state index contributed by atoms with van der Waals surface area (Å²) >= 11 is 11.9. The number of nitriles is 1. The second-order valence-electron chi connectivity index (χ2n) is 4.47. The summed E-state index contributed by atoms with van der Waals surface area (Å²) in [5.74, 6) is 0.700. The molecule has 3 aromatic rings. The monoisotopic (exact) mass is 313 g/mol. The Balaban J connectivity index is 1.99. The van der Waals surface area contributed by atoms with E-state index in [-0.39, 0.29) is 0 Å². The highest BCUT2D eigenvalue weighted by molar-refractivity contribution is 6.42. The zero-order valence-corrected chi connectivity index (χ0v) is 12.3. The molecule has 0 saturated carbocycles. The number of nitrogens with zero attached hydrogens (tertiary/aromatic N) is 2. The highest BCUT2D eigenvalue weighted by Gasteiger charge is 2.08. The molecule has 0 unspecified atom stereocenters. The number of aromatic nitrogens is 2. The van der Waals surface area contributed by atoms with Gasteiger partial charge >= 0.3 is 0 Å². The lowest BCUT2D eigenvalue weighted by Crippen LogP contribution is -1.82. The maximum absolute atomic E-state index is 8.95. The van der Waals surface area contributed by atoms with Gasteiger partial charge in [-0.2, -0.15) is 5.26 Å². The molecule has 0 aliphatic rings. The van der Waals surface area contributed by atoms with Crippen LogP contribution in [0.15, 0.2) is 48.7 Å². The normalized spacial score (nSPS) is 10.3. The van der Waals surface area contributed by atoms with Crippen molar-refractivity contribution in [2.75, 3.05) is 0 Å². The van der Waals surface area contributed by atoms with E-state index in [9.17, 15) is 0 Å². The second kappa shape index (κ2) is 5.61. The predicted octanol–water partition coefficient (Wildman–Crippen LogP) is 4.92. The largest absolute Gasteiger partial charge is 0.338 e. The van der Waals surface area contributed by atoms with Gasteiger partial charge in [0.15, 0.2) is 0 Å². The molecule has 2 aromatic carbocycles. The first-order chi connectivity index (χ1) is 10.2. The number of H-pyrrole nitrogens is 1. The molecule has 0 atom stereocenters. The number of aromatic amines is 1. The second-order valence-corrected chi connectivity index (χ2v) is 5.28. The van der Waals surface area contributed by atoms with Crippen molar-refractivity contribution in [3.63, 3.8) is 0 Å². The lowest BCUT2D eigenvalue weighted by molar-refractivity contribution is 1.31. The number of hydrogen-bond acceptors (Lipinski definition) is 2. The fourth-order valence-corrected chi connectivity index (χ4v) is 2.31. The summed E-state index contributed by atoms with van der Waals surface area (Å²) in [6, 6.07) is 14.8. The van der Waals surface area contributed by atoms with Crippen LogP contribution in [0.1, 0.15) is 5.56 Å². The van der Waals surface area contributed by atoms with Crippen LogP contribution in [0.25, 0.3) is 22.6 Å². The minimum absolute atomic E-state index is 0.485. The Morgan fingerprint density at radius 3 is 2.62 bits per heavy atom. The molecule has 0 radical (unpaired) electrons. The van der Waals surface area contributed by atoms with Crippen molar-refractivity contribution in [1.29, 1.82) is 5.26 Å². The minimum atomic E-state index is 0.485. The summed E-state index contributed by atoms with van der Waals surface area (Å²) in [5.41, 5.74) is 3.21. The summed E-state index contributed by atoms with van der Waals surface area (Å²) in [5, 5.41) is 9.94. The summed E-state index contributed by atoms with van der Waals surface area (Å²) in [6.07, 6.45) is 1.73. The first-order valence-corrected chi connectivity index (χ1v) is 6.94. The smallest absolute Gasteiger partial charge is 0.137 e. The summed E-state index contributed by atoms with van der Waals surface area (Å²) in [6.45, 7) is 0. The third kappa shape index (κ3) is 2.78. The highest BCUT2D eigenvalue weighted by atomic mass is 35.5. The van der Waals surface area contributed by atoms with Gasteiger partial charge in [-0.05, 0) is 30.3 Å². The van der Waals surface area contributed by atoms with Crippen molar-refractivity contribution in [2.45, 2.75) is 0 Å². The van der Waals surface area contributed by atoms with Gasteiger partial charge in [0.05, 0.1) is 33.6 Å². The van der Waals surface area contributed by atoms with Gasteiger partial charge in [-0.25, -0.2) is 4.98 Å². The number of rotatable bonds is 2. The van der Waals surface area contributed by atoms with Crippen LogP contribution in [-0.2, 0) is 0 Å². The lowest BCUT2D eigenvalue weighted by Gasteiger charge is -2.00. The molecule has 0 saturated heterocycles. The molecule has 1 aromatic heterocycles. The standard InChI is InChI=1S/C16H9Cl2N3/c17-13-5-4-12(7-14(13)18)16-20-9-15(21-16)11-3-1-2-10(6-11)8-19/h1-7,9H,(H,20,21). The molecule has 0 aliphatic carbocycles. The molecule has 21 heavy (non-hydrogen) atoms. The van der Waals surface area contributed by atoms with Crippen molar-refractivity contribution in [3.05, 3.63) is 64.3 Å². The quantitative estimate of drug-likeness (QED) is 0.729. The first kappa shape index (κ1) is 13.7. The predicted molar refractivity (Wildman–Crippen MR) is 84.2 cm³/mol. The molecule has 3 rings (SSSR count). The SMILES string of the molecule is N#Cc1cccc(-c2cnc(-c3ccc(Cl)c(Cl)c3)[nH]2)c1. The Morgan fingerprint density at radius 1 is 1.00 bits per heavy atom. The number of hydrogen-bond donors (Lipinski definition) is 1. The molecule has 1 N–H and O–H groups in total. The van der Waals surface area contributed by atoms with Crippen molar-refractivity contribution in [1.82, 2.24) is 9.97 Å². The lowest BCUT2D eigenvalue weighted by atomic mass is 10.1. The van der Waals surface area contributed by atoms with E-state index in [2.05, 4.69) is 16.0 Å². The average Bonchev–Trinajstić information content (AvgIpc) is 3.00. The van der Waals surface area contributed by atoms with E-state index in [0.29, 0.717) is 21.4 Å². The van der Waals surface area contributed by atoms with E-state index in [1.54, 1.807) is 24.4 Å². The summed E-state index contributed by atoms with van der Waals surface area (Å²) in [4.78, 5) is 7.57. The Bertz CT molecular complexity index is 847. The Labute approximate surface area is 131 Å². The third-order valence-electron chi connectivity index (χ3n) is 3.07. The van der Waals surface area contributed by atoms with Gasteiger partial charge in [-0.15, -0.1) is 0 Å². The summed E-state index contributed by atoms with van der Waals surface area (Å²) < 4.78 is 0. The Kier molecular flexibility index (Phi) is 3.66. The molecule has 0 fully saturated rings. The molecule has 0 bridgehead atoms. The zero-order chi connectivity index (χ0) is 14.8. The number of benzene rings is 2. The summed E-state index contributed by atoms with van der Waals surface area (Å²) in [7, 11) is 0. The molecule has 1 heterocycles. The van der Waals surface area contributed by atoms with Crippen molar-refractivity contribution in [3.8, 4) is 28.7 Å². The van der Waals surface area contributed by atoms with Crippen LogP contribution in [0.3, 0.4) is 0 Å². The highest BCUT2D eigenvalue weighted by Crippen LogP contribution is 2.28. The molecule has 102 valence electrons. The maximum atomic E-state index is 8.95. The van der Waals surface area contributed by atoms with Crippen LogP contribution >= 0.6 is 23.2 Å². The van der Waals surface area contributed by atoms with E-state index in [1.165, 1.54) is 0 Å². The van der Waals surface area contributed by atoms with Crippen LogP contribution in [0.5, 0.6) is 0 Å².